The monoisotopic (exact) mass is 304 g/mol. The average molecular weight is 304 g/mol. The van der Waals surface area contributed by atoms with E-state index in [1.165, 1.54) is 6.92 Å². The number of hydrogen-bond acceptors (Lipinski definition) is 3. The normalized spacial score (nSPS) is 16.1. The van der Waals surface area contributed by atoms with E-state index in [9.17, 15) is 23.1 Å². The zero-order chi connectivity index (χ0) is 16.1. The van der Waals surface area contributed by atoms with Gasteiger partial charge >= 0.3 is 12.1 Å². The highest BCUT2D eigenvalue weighted by molar-refractivity contribution is 5.79. The van der Waals surface area contributed by atoms with Crippen molar-refractivity contribution in [2.75, 3.05) is 6.61 Å². The molecular weight excluding hydrogens is 285 g/mol. The lowest BCUT2D eigenvalue weighted by Crippen LogP contribution is -2.51. The van der Waals surface area contributed by atoms with Gasteiger partial charge in [0.2, 0.25) is 0 Å². The number of hydrogen-bond donors (Lipinski definition) is 1. The van der Waals surface area contributed by atoms with Crippen molar-refractivity contribution in [1.29, 1.82) is 0 Å². The first-order chi connectivity index (χ1) is 9.71. The summed E-state index contributed by atoms with van der Waals surface area (Å²) in [6.45, 7) is 2.19. The molecular formula is C15H19F3O3. The molecule has 0 aliphatic rings. The number of aryl methyl sites for hydroxylation is 1. The first-order valence-electron chi connectivity index (χ1n) is 6.72. The van der Waals surface area contributed by atoms with Crippen molar-refractivity contribution < 1.29 is 27.8 Å². The Morgan fingerprint density at radius 1 is 1.29 bits per heavy atom. The molecule has 0 amide bonds. The summed E-state index contributed by atoms with van der Waals surface area (Å²) in [6, 6.07) is 8.71. The highest BCUT2D eigenvalue weighted by Crippen LogP contribution is 2.37. The predicted octanol–water partition coefficient (Wildman–Crippen LogP) is 3.11. The summed E-state index contributed by atoms with van der Waals surface area (Å²) in [7, 11) is 0. The number of halogens is 3. The number of alkyl halides is 3. The molecule has 0 bridgehead atoms. The van der Waals surface area contributed by atoms with Crippen molar-refractivity contribution in [3.63, 3.8) is 0 Å². The fourth-order valence-electron chi connectivity index (χ4n) is 2.00. The largest absolute Gasteiger partial charge is 0.464 e. The van der Waals surface area contributed by atoms with E-state index in [0.29, 0.717) is 0 Å². The molecule has 0 saturated heterocycles. The van der Waals surface area contributed by atoms with Crippen molar-refractivity contribution in [3.8, 4) is 0 Å². The van der Waals surface area contributed by atoms with E-state index >= 15 is 0 Å². The number of rotatable bonds is 6. The van der Waals surface area contributed by atoms with Gasteiger partial charge in [0.15, 0.2) is 5.60 Å². The minimum absolute atomic E-state index is 0.0863. The lowest BCUT2D eigenvalue weighted by molar-refractivity contribution is -0.231. The van der Waals surface area contributed by atoms with Gasteiger partial charge in [0, 0.05) is 0 Å². The maximum absolute atomic E-state index is 12.9. The molecule has 0 aromatic heterocycles. The van der Waals surface area contributed by atoms with E-state index in [4.69, 9.17) is 0 Å². The van der Waals surface area contributed by atoms with Gasteiger partial charge in [-0.2, -0.15) is 13.2 Å². The Morgan fingerprint density at radius 2 is 1.86 bits per heavy atom. The summed E-state index contributed by atoms with van der Waals surface area (Å²) in [6.07, 6.45) is -4.88. The van der Waals surface area contributed by atoms with Crippen LogP contribution in [0.4, 0.5) is 13.2 Å². The van der Waals surface area contributed by atoms with E-state index in [1.807, 2.05) is 0 Å². The number of aliphatic hydroxyl groups is 1. The van der Waals surface area contributed by atoms with E-state index in [1.54, 1.807) is 30.3 Å². The molecule has 1 rings (SSSR count). The first kappa shape index (κ1) is 17.5. The summed E-state index contributed by atoms with van der Waals surface area (Å²) in [4.78, 5) is 11.8. The van der Waals surface area contributed by atoms with Crippen LogP contribution < -0.4 is 0 Å². The highest BCUT2D eigenvalue weighted by atomic mass is 19.4. The van der Waals surface area contributed by atoms with Crippen LogP contribution in [-0.4, -0.2) is 29.5 Å². The van der Waals surface area contributed by atoms with Crippen LogP contribution in [0.15, 0.2) is 30.3 Å². The lowest BCUT2D eigenvalue weighted by Gasteiger charge is -2.33. The van der Waals surface area contributed by atoms with Gasteiger partial charge in [-0.3, -0.25) is 0 Å². The van der Waals surface area contributed by atoms with Gasteiger partial charge in [-0.05, 0) is 25.3 Å². The molecule has 3 nitrogen and oxygen atoms in total. The third-order valence-corrected chi connectivity index (χ3v) is 3.47. The van der Waals surface area contributed by atoms with E-state index < -0.39 is 23.7 Å². The second-order valence-corrected chi connectivity index (χ2v) is 4.89. The Labute approximate surface area is 121 Å². The van der Waals surface area contributed by atoms with Crippen LogP contribution >= 0.6 is 0 Å². The molecule has 2 atom stereocenters. The zero-order valence-corrected chi connectivity index (χ0v) is 12.0. The molecule has 0 aliphatic heterocycles. The molecule has 118 valence electrons. The molecule has 1 aromatic carbocycles. The van der Waals surface area contributed by atoms with Gasteiger partial charge in [0.05, 0.1) is 12.5 Å². The van der Waals surface area contributed by atoms with Crippen LogP contribution in [0.1, 0.15) is 25.8 Å². The second-order valence-electron chi connectivity index (χ2n) is 4.89. The molecule has 0 saturated carbocycles. The van der Waals surface area contributed by atoms with Gasteiger partial charge in [-0.15, -0.1) is 0 Å². The lowest BCUT2D eigenvalue weighted by atomic mass is 9.83. The maximum atomic E-state index is 12.9. The first-order valence-corrected chi connectivity index (χ1v) is 6.72. The minimum atomic E-state index is -4.68. The van der Waals surface area contributed by atoms with Crippen LogP contribution in [0, 0.1) is 5.92 Å². The number of carbonyl (C=O) groups excluding carboxylic acids is 1. The molecule has 0 heterocycles. The van der Waals surface area contributed by atoms with Gasteiger partial charge in [0.25, 0.3) is 0 Å². The zero-order valence-electron chi connectivity index (χ0n) is 12.0. The Bertz CT molecular complexity index is 459. The molecule has 0 fully saturated rings. The molecule has 0 radical (unpaired) electrons. The Hall–Kier alpha value is -1.56. The summed E-state index contributed by atoms with van der Waals surface area (Å²) >= 11 is 0. The Balaban J connectivity index is 2.94. The fraction of sp³-hybridized carbons (Fsp3) is 0.533. The Morgan fingerprint density at radius 3 is 2.33 bits per heavy atom. The standard InChI is InChI=1S/C15H19F3O3/c1-3-21-13(19)14(20,11(2)15(16,17)18)10-9-12-7-5-4-6-8-12/h4-8,11,20H,3,9-10H2,1-2H3. The topological polar surface area (TPSA) is 46.5 Å². The third kappa shape index (κ3) is 4.46. The SMILES string of the molecule is CCOC(=O)C(O)(CCc1ccccc1)C(C)C(F)(F)F. The summed E-state index contributed by atoms with van der Waals surface area (Å²) in [5, 5.41) is 10.3. The van der Waals surface area contributed by atoms with E-state index in [0.717, 1.165) is 12.5 Å². The van der Waals surface area contributed by atoms with Gasteiger partial charge in [-0.1, -0.05) is 37.3 Å². The van der Waals surface area contributed by atoms with Crippen molar-refractivity contribution >= 4 is 5.97 Å². The number of ether oxygens (including phenoxy) is 1. The molecule has 1 N–H and O–H groups in total. The van der Waals surface area contributed by atoms with Crippen LogP contribution in [0.5, 0.6) is 0 Å². The van der Waals surface area contributed by atoms with E-state index in [-0.39, 0.29) is 19.4 Å². The molecule has 1 aromatic rings. The maximum Gasteiger partial charge on any atom is 0.394 e. The molecule has 6 heteroatoms. The summed E-state index contributed by atoms with van der Waals surface area (Å²) < 4.78 is 43.3. The van der Waals surface area contributed by atoms with Crippen molar-refractivity contribution in [2.45, 2.75) is 38.5 Å². The van der Waals surface area contributed by atoms with Crippen LogP contribution in [-0.2, 0) is 16.0 Å². The third-order valence-electron chi connectivity index (χ3n) is 3.47. The molecule has 0 aliphatic carbocycles. The number of benzene rings is 1. The summed E-state index contributed by atoms with van der Waals surface area (Å²) in [5.41, 5.74) is -1.83. The summed E-state index contributed by atoms with van der Waals surface area (Å²) in [5.74, 6) is -3.43. The van der Waals surface area contributed by atoms with Crippen LogP contribution in [0.2, 0.25) is 0 Å². The molecule has 2 unspecified atom stereocenters. The molecule has 21 heavy (non-hydrogen) atoms. The highest BCUT2D eigenvalue weighted by Gasteiger charge is 2.54. The molecule has 0 spiro atoms. The second kappa shape index (κ2) is 6.93. The van der Waals surface area contributed by atoms with Crippen LogP contribution in [0.3, 0.4) is 0 Å². The van der Waals surface area contributed by atoms with Gasteiger partial charge < -0.3 is 9.84 Å². The predicted molar refractivity (Wildman–Crippen MR) is 71.6 cm³/mol. The number of esters is 1. The Kier molecular flexibility index (Phi) is 5.78. The number of carbonyl (C=O) groups is 1. The average Bonchev–Trinajstić information content (AvgIpc) is 2.44. The van der Waals surface area contributed by atoms with Gasteiger partial charge in [0.1, 0.15) is 0 Å². The van der Waals surface area contributed by atoms with Crippen molar-refractivity contribution in [2.24, 2.45) is 5.92 Å². The van der Waals surface area contributed by atoms with Crippen molar-refractivity contribution in [3.05, 3.63) is 35.9 Å². The van der Waals surface area contributed by atoms with Crippen molar-refractivity contribution in [1.82, 2.24) is 0 Å². The minimum Gasteiger partial charge on any atom is -0.464 e. The quantitative estimate of drug-likeness (QED) is 0.821. The van der Waals surface area contributed by atoms with E-state index in [2.05, 4.69) is 4.74 Å². The smallest absolute Gasteiger partial charge is 0.394 e. The fourth-order valence-corrected chi connectivity index (χ4v) is 2.00. The van der Waals surface area contributed by atoms with Gasteiger partial charge in [-0.25, -0.2) is 4.79 Å². The van der Waals surface area contributed by atoms with Crippen LogP contribution in [0.25, 0.3) is 0 Å².